The quantitative estimate of drug-likeness (QED) is 0.737. The van der Waals surface area contributed by atoms with Crippen LogP contribution in [0.25, 0.3) is 0 Å². The Hall–Kier alpha value is -0.910. The molecular formula is C15H17IN2O. The van der Waals surface area contributed by atoms with Gasteiger partial charge >= 0.3 is 0 Å². The molecule has 100 valence electrons. The number of carbonyl (C=O) groups excluding carboxylic acids is 1. The zero-order chi connectivity index (χ0) is 13.5. The van der Waals surface area contributed by atoms with Gasteiger partial charge in [0, 0.05) is 3.57 Å². The molecule has 0 N–H and O–H groups in total. The molecule has 0 aromatic heterocycles. The summed E-state index contributed by atoms with van der Waals surface area (Å²) in [5, 5.41) is 0. The first-order valence-electron chi connectivity index (χ1n) is 6.74. The fraction of sp³-hybridized carbons (Fsp3) is 0.467. The van der Waals surface area contributed by atoms with Gasteiger partial charge in [-0.2, -0.15) is 0 Å². The van der Waals surface area contributed by atoms with Crippen molar-refractivity contribution in [3.8, 4) is 0 Å². The summed E-state index contributed by atoms with van der Waals surface area (Å²) in [7, 11) is 0. The maximum Gasteiger partial charge on any atom is 0.256 e. The number of amidine groups is 1. The van der Waals surface area contributed by atoms with Crippen molar-refractivity contribution in [2.45, 2.75) is 44.7 Å². The predicted octanol–water partition coefficient (Wildman–Crippen LogP) is 3.36. The highest BCUT2D eigenvalue weighted by Gasteiger charge is 2.48. The maximum atomic E-state index is 12.6. The van der Waals surface area contributed by atoms with Gasteiger partial charge in [-0.3, -0.25) is 14.7 Å². The number of hydrogen-bond donors (Lipinski definition) is 0. The lowest BCUT2D eigenvalue weighted by molar-refractivity contribution is -0.131. The van der Waals surface area contributed by atoms with Crippen molar-refractivity contribution in [2.24, 2.45) is 4.99 Å². The summed E-state index contributed by atoms with van der Waals surface area (Å²) in [6, 6.07) is 8.33. The molecule has 1 amide bonds. The number of rotatable bonds is 2. The van der Waals surface area contributed by atoms with Gasteiger partial charge in [0.15, 0.2) is 0 Å². The standard InChI is InChI=1S/C15H17IN2O/c1-11-17-15(8-2-3-9-15)14(19)18(11)10-12-4-6-13(16)7-5-12/h4-7H,2-3,8-10H2,1H3. The Labute approximate surface area is 127 Å². The van der Waals surface area contributed by atoms with Crippen LogP contribution in [0, 0.1) is 3.57 Å². The molecule has 4 heteroatoms. The molecule has 1 aromatic carbocycles. The topological polar surface area (TPSA) is 32.7 Å². The summed E-state index contributed by atoms with van der Waals surface area (Å²) >= 11 is 2.29. The van der Waals surface area contributed by atoms with Gasteiger partial charge in [-0.05, 0) is 60.1 Å². The Morgan fingerprint density at radius 1 is 1.26 bits per heavy atom. The van der Waals surface area contributed by atoms with Crippen molar-refractivity contribution >= 4 is 34.3 Å². The molecule has 1 aromatic rings. The van der Waals surface area contributed by atoms with Crippen LogP contribution in [-0.2, 0) is 11.3 Å². The molecule has 0 bridgehead atoms. The van der Waals surface area contributed by atoms with Crippen molar-refractivity contribution in [2.75, 3.05) is 0 Å². The Kier molecular flexibility index (Phi) is 3.37. The summed E-state index contributed by atoms with van der Waals surface area (Å²) < 4.78 is 1.21. The van der Waals surface area contributed by atoms with E-state index in [1.54, 1.807) is 0 Å². The first-order valence-corrected chi connectivity index (χ1v) is 7.81. The van der Waals surface area contributed by atoms with Crippen molar-refractivity contribution in [1.29, 1.82) is 0 Å². The van der Waals surface area contributed by atoms with Gasteiger partial charge in [0.1, 0.15) is 11.4 Å². The fourth-order valence-electron chi connectivity index (χ4n) is 3.06. The van der Waals surface area contributed by atoms with E-state index >= 15 is 0 Å². The normalized spacial score (nSPS) is 21.3. The summed E-state index contributed by atoms with van der Waals surface area (Å²) in [5.74, 6) is 1.09. The average Bonchev–Trinajstić information content (AvgIpc) is 2.94. The number of aliphatic imine (C=N–C) groups is 1. The van der Waals surface area contributed by atoms with E-state index in [1.807, 2.05) is 11.8 Å². The Bertz CT molecular complexity index is 530. The van der Waals surface area contributed by atoms with Crippen molar-refractivity contribution in [1.82, 2.24) is 4.90 Å². The van der Waals surface area contributed by atoms with Gasteiger partial charge in [-0.25, -0.2) is 0 Å². The highest BCUT2D eigenvalue weighted by molar-refractivity contribution is 14.1. The van der Waals surface area contributed by atoms with Gasteiger partial charge in [-0.15, -0.1) is 0 Å². The molecule has 0 atom stereocenters. The zero-order valence-electron chi connectivity index (χ0n) is 11.0. The van der Waals surface area contributed by atoms with Crippen molar-refractivity contribution in [3.63, 3.8) is 0 Å². The van der Waals surface area contributed by atoms with Crippen molar-refractivity contribution < 1.29 is 4.79 Å². The van der Waals surface area contributed by atoms with E-state index in [4.69, 9.17) is 0 Å². The van der Waals surface area contributed by atoms with E-state index in [0.29, 0.717) is 6.54 Å². The van der Waals surface area contributed by atoms with E-state index in [-0.39, 0.29) is 5.91 Å². The van der Waals surface area contributed by atoms with Crippen LogP contribution in [0.1, 0.15) is 38.2 Å². The number of carbonyl (C=O) groups is 1. The minimum absolute atomic E-state index is 0.209. The Balaban J connectivity index is 1.81. The van der Waals surface area contributed by atoms with Crippen LogP contribution in [-0.4, -0.2) is 22.2 Å². The molecule has 1 heterocycles. The molecule has 3 rings (SSSR count). The summed E-state index contributed by atoms with van der Waals surface area (Å²) in [6.07, 6.45) is 4.10. The molecule has 1 fully saturated rings. The molecular weight excluding hydrogens is 351 g/mol. The number of nitrogens with zero attached hydrogens (tertiary/aromatic N) is 2. The van der Waals surface area contributed by atoms with E-state index in [9.17, 15) is 4.79 Å². The third-order valence-corrected chi connectivity index (χ3v) is 4.81. The first-order chi connectivity index (χ1) is 9.11. The lowest BCUT2D eigenvalue weighted by atomic mass is 9.98. The molecule has 1 saturated carbocycles. The highest BCUT2D eigenvalue weighted by Crippen LogP contribution is 2.39. The van der Waals surface area contributed by atoms with Gasteiger partial charge in [0.25, 0.3) is 5.91 Å². The zero-order valence-corrected chi connectivity index (χ0v) is 13.2. The first kappa shape index (κ1) is 13.1. The molecule has 0 radical (unpaired) electrons. The van der Waals surface area contributed by atoms with Crippen LogP contribution in [0.3, 0.4) is 0 Å². The second kappa shape index (κ2) is 4.89. The summed E-state index contributed by atoms with van der Waals surface area (Å²) in [6.45, 7) is 2.60. The molecule has 2 aliphatic rings. The second-order valence-electron chi connectivity index (χ2n) is 5.42. The largest absolute Gasteiger partial charge is 0.294 e. The number of benzene rings is 1. The molecule has 3 nitrogen and oxygen atoms in total. The molecule has 0 saturated heterocycles. The third kappa shape index (κ3) is 2.30. The van der Waals surface area contributed by atoms with Gasteiger partial charge < -0.3 is 0 Å². The summed E-state index contributed by atoms with van der Waals surface area (Å²) in [5.41, 5.74) is 0.756. The molecule has 19 heavy (non-hydrogen) atoms. The average molecular weight is 368 g/mol. The molecule has 1 aliphatic carbocycles. The SMILES string of the molecule is CC1=NC2(CCCC2)C(=O)N1Cc1ccc(I)cc1. The van der Waals surface area contributed by atoms with Crippen LogP contribution in [0.5, 0.6) is 0 Å². The highest BCUT2D eigenvalue weighted by atomic mass is 127. The summed E-state index contributed by atoms with van der Waals surface area (Å²) in [4.78, 5) is 19.2. The molecule has 1 aliphatic heterocycles. The number of hydrogen-bond acceptors (Lipinski definition) is 2. The maximum absolute atomic E-state index is 12.6. The second-order valence-corrected chi connectivity index (χ2v) is 6.66. The fourth-order valence-corrected chi connectivity index (χ4v) is 3.42. The monoisotopic (exact) mass is 368 g/mol. The Morgan fingerprint density at radius 3 is 2.53 bits per heavy atom. The van der Waals surface area contributed by atoms with Crippen LogP contribution >= 0.6 is 22.6 Å². The Morgan fingerprint density at radius 2 is 1.89 bits per heavy atom. The lowest BCUT2D eigenvalue weighted by Crippen LogP contribution is -2.40. The van der Waals surface area contributed by atoms with Crippen LogP contribution in [0.2, 0.25) is 0 Å². The predicted molar refractivity (Wildman–Crippen MR) is 84.0 cm³/mol. The molecule has 1 spiro atoms. The van der Waals surface area contributed by atoms with E-state index in [0.717, 1.165) is 31.5 Å². The van der Waals surface area contributed by atoms with E-state index in [2.05, 4.69) is 51.8 Å². The van der Waals surface area contributed by atoms with Gasteiger partial charge in [0.05, 0.1) is 6.54 Å². The van der Waals surface area contributed by atoms with Crippen LogP contribution in [0.15, 0.2) is 29.3 Å². The van der Waals surface area contributed by atoms with Crippen molar-refractivity contribution in [3.05, 3.63) is 33.4 Å². The number of halogens is 1. The smallest absolute Gasteiger partial charge is 0.256 e. The van der Waals surface area contributed by atoms with Crippen LogP contribution < -0.4 is 0 Å². The third-order valence-electron chi connectivity index (χ3n) is 4.09. The lowest BCUT2D eigenvalue weighted by Gasteiger charge is -2.21. The van der Waals surface area contributed by atoms with Crippen LogP contribution in [0.4, 0.5) is 0 Å². The minimum atomic E-state index is -0.409. The minimum Gasteiger partial charge on any atom is -0.294 e. The van der Waals surface area contributed by atoms with Gasteiger partial charge in [-0.1, -0.05) is 25.0 Å². The number of amides is 1. The molecule has 0 unspecified atom stereocenters. The van der Waals surface area contributed by atoms with Gasteiger partial charge in [0.2, 0.25) is 0 Å². The van der Waals surface area contributed by atoms with E-state index < -0.39 is 5.54 Å². The van der Waals surface area contributed by atoms with E-state index in [1.165, 1.54) is 9.13 Å².